The largest absolute Gasteiger partial charge is 0.491 e. The molecule has 8 nitrogen and oxygen atoms in total. The topological polar surface area (TPSA) is 109 Å². The van der Waals surface area contributed by atoms with E-state index in [9.17, 15) is 18.3 Å². The van der Waals surface area contributed by atoms with E-state index in [1.807, 2.05) is 12.1 Å². The van der Waals surface area contributed by atoms with Crippen LogP contribution in [-0.2, 0) is 14.6 Å². The minimum atomic E-state index is -2.87. The average molecular weight is 802 g/mol. The van der Waals surface area contributed by atoms with Gasteiger partial charge in [0.25, 0.3) is 0 Å². The molecule has 9 heteroatoms. The van der Waals surface area contributed by atoms with Crippen LogP contribution in [0.25, 0.3) is 0 Å². The number of pyridine rings is 1. The van der Waals surface area contributed by atoms with Crippen LogP contribution in [0.1, 0.15) is 119 Å². The summed E-state index contributed by atoms with van der Waals surface area (Å²) < 4.78 is 30.2. The second-order valence-corrected chi connectivity index (χ2v) is 23.6. The summed E-state index contributed by atoms with van der Waals surface area (Å²) in [5, 5.41) is 14.7. The van der Waals surface area contributed by atoms with Gasteiger partial charge in [0.2, 0.25) is 0 Å². The molecule has 0 amide bonds. The number of aliphatic carboxylic acids is 1. The van der Waals surface area contributed by atoms with Crippen molar-refractivity contribution in [1.82, 2.24) is 15.2 Å². The highest BCUT2D eigenvalue weighted by atomic mass is 32.2. The maximum absolute atomic E-state index is 12.7. The van der Waals surface area contributed by atoms with Crippen molar-refractivity contribution >= 4 is 15.8 Å². The van der Waals surface area contributed by atoms with Crippen molar-refractivity contribution in [1.29, 1.82) is 0 Å². The van der Waals surface area contributed by atoms with Crippen LogP contribution >= 0.6 is 0 Å². The van der Waals surface area contributed by atoms with Gasteiger partial charge in [0.1, 0.15) is 17.8 Å². The van der Waals surface area contributed by atoms with E-state index >= 15 is 0 Å². The number of hydrogen-bond donors (Lipinski definition) is 2. The quantitative estimate of drug-likeness (QED) is 0.226. The SMILES string of the molecule is C=C(C)[C@@H]1CC[C@]2(NCCN3CCS(=O)(=O)CC3)CC[C@]3(C)[C@H](CC[C@@H]4[C@@]5(C)CC=C(C6=CCC(COc7cccnc7)(C(=O)O)CC6)C(C)(C)[C@@H]5CC[C@]43C)[C@@H]12. The third-order valence-electron chi connectivity index (χ3n) is 18.5. The van der Waals surface area contributed by atoms with Crippen molar-refractivity contribution in [3.8, 4) is 5.75 Å². The van der Waals surface area contributed by atoms with E-state index in [2.05, 4.69) is 75.5 Å². The van der Waals surface area contributed by atoms with Gasteiger partial charge < -0.3 is 20.1 Å². The summed E-state index contributed by atoms with van der Waals surface area (Å²) in [5.41, 5.74) is 4.14. The molecule has 2 heterocycles. The molecular formula is C48H71N3O5S. The van der Waals surface area contributed by atoms with Crippen molar-refractivity contribution in [2.75, 3.05) is 44.3 Å². The molecule has 314 valence electrons. The third-order valence-corrected chi connectivity index (χ3v) is 20.2. The number of carboxylic acids is 1. The maximum Gasteiger partial charge on any atom is 0.313 e. The second kappa shape index (κ2) is 14.6. The van der Waals surface area contributed by atoms with E-state index < -0.39 is 21.2 Å². The predicted octanol–water partition coefficient (Wildman–Crippen LogP) is 8.91. The van der Waals surface area contributed by atoms with Gasteiger partial charge in [-0.15, -0.1) is 0 Å². The van der Waals surface area contributed by atoms with Crippen LogP contribution in [0.3, 0.4) is 0 Å². The monoisotopic (exact) mass is 802 g/mol. The Morgan fingerprint density at radius 1 is 0.965 bits per heavy atom. The fraction of sp³-hybridized carbons (Fsp3) is 0.750. The molecule has 1 saturated heterocycles. The minimum Gasteiger partial charge on any atom is -0.491 e. The summed E-state index contributed by atoms with van der Waals surface area (Å²) in [6.07, 6.45) is 21.2. The molecule has 0 spiro atoms. The van der Waals surface area contributed by atoms with E-state index in [1.54, 1.807) is 12.4 Å². The molecule has 5 fully saturated rings. The second-order valence-electron chi connectivity index (χ2n) is 21.3. The van der Waals surface area contributed by atoms with Gasteiger partial charge in [-0.05, 0) is 159 Å². The number of ether oxygens (including phenoxy) is 1. The lowest BCUT2D eigenvalue weighted by atomic mass is 9.33. The lowest BCUT2D eigenvalue weighted by Crippen LogP contribution is -2.68. The van der Waals surface area contributed by atoms with E-state index in [0.29, 0.717) is 72.8 Å². The Morgan fingerprint density at radius 2 is 1.74 bits per heavy atom. The van der Waals surface area contributed by atoms with E-state index in [-0.39, 0.29) is 33.8 Å². The zero-order valence-corrected chi connectivity index (χ0v) is 36.7. The fourth-order valence-corrected chi connectivity index (χ4v) is 16.5. The zero-order valence-electron chi connectivity index (χ0n) is 35.9. The molecule has 1 aromatic heterocycles. The van der Waals surface area contributed by atoms with E-state index in [0.717, 1.165) is 25.9 Å². The number of carbonyl (C=O) groups is 1. The van der Waals surface area contributed by atoms with Crippen LogP contribution in [0.2, 0.25) is 0 Å². The molecule has 0 aromatic carbocycles. The predicted molar refractivity (Wildman–Crippen MR) is 228 cm³/mol. The van der Waals surface area contributed by atoms with Gasteiger partial charge in [-0.1, -0.05) is 58.9 Å². The highest BCUT2D eigenvalue weighted by Crippen LogP contribution is 2.76. The van der Waals surface area contributed by atoms with Crippen molar-refractivity contribution < 1.29 is 23.1 Å². The van der Waals surface area contributed by atoms with Gasteiger partial charge in [-0.3, -0.25) is 9.78 Å². The average Bonchev–Trinajstić information content (AvgIpc) is 3.55. The summed E-state index contributed by atoms with van der Waals surface area (Å²) >= 11 is 0. The van der Waals surface area contributed by atoms with Crippen LogP contribution in [0, 0.1) is 56.7 Å². The summed E-state index contributed by atoms with van der Waals surface area (Å²) in [7, 11) is -2.87. The van der Waals surface area contributed by atoms with Gasteiger partial charge >= 0.3 is 5.97 Å². The highest BCUT2D eigenvalue weighted by Gasteiger charge is 2.70. The smallest absolute Gasteiger partial charge is 0.313 e. The number of rotatable bonds is 10. The van der Waals surface area contributed by atoms with E-state index in [4.69, 9.17) is 4.74 Å². The van der Waals surface area contributed by atoms with Gasteiger partial charge in [0.05, 0.1) is 17.7 Å². The van der Waals surface area contributed by atoms with Crippen LogP contribution < -0.4 is 10.1 Å². The number of aromatic nitrogens is 1. The van der Waals surface area contributed by atoms with Gasteiger partial charge in [-0.25, -0.2) is 8.42 Å². The molecule has 6 aliphatic carbocycles. The van der Waals surface area contributed by atoms with Crippen molar-refractivity contribution in [2.24, 2.45) is 56.7 Å². The standard InChI is InChI=1S/C48H71N3O5S/c1-33(2)36-14-21-48(50-25-26-51-27-29-57(54,55)30-28-51)23-22-45(6)38(41(36)48)10-11-40-44(5)17-15-37(43(3,4)39(44)16-18-46(40,45)7)34-12-19-47(20-13-34,42(52)53)32-56-35-9-8-24-49-31-35/h8-9,12,15,24,31,36,38-41,50H,1,10-11,13-14,16-23,25-30,32H2,2-7H3,(H,52,53)/t36-,38+,39-,40+,41+,44-,45+,46+,47?,48-/m0/s1. The van der Waals surface area contributed by atoms with Crippen molar-refractivity contribution in [2.45, 2.75) is 124 Å². The maximum atomic E-state index is 12.7. The molecule has 2 N–H and O–H groups in total. The van der Waals surface area contributed by atoms with Gasteiger partial charge in [-0.2, -0.15) is 0 Å². The summed E-state index contributed by atoms with van der Waals surface area (Å²) in [6, 6.07) is 3.66. The number of carboxylic acid groups (broad SMARTS) is 1. The Morgan fingerprint density at radius 3 is 2.40 bits per heavy atom. The Kier molecular flexibility index (Phi) is 10.6. The fourth-order valence-electron chi connectivity index (χ4n) is 15.2. The van der Waals surface area contributed by atoms with Crippen molar-refractivity contribution in [3.63, 3.8) is 0 Å². The highest BCUT2D eigenvalue weighted by molar-refractivity contribution is 7.91. The molecule has 10 atom stereocenters. The van der Waals surface area contributed by atoms with Gasteiger partial charge in [0, 0.05) is 37.9 Å². The Labute approximate surface area is 343 Å². The molecule has 7 aliphatic rings. The van der Waals surface area contributed by atoms with Crippen LogP contribution in [0.4, 0.5) is 0 Å². The molecule has 1 aromatic rings. The number of nitrogens with zero attached hydrogens (tertiary/aromatic N) is 2. The minimum absolute atomic E-state index is 0.00797. The Balaban J connectivity index is 1.01. The number of allylic oxidation sites excluding steroid dienone is 5. The molecule has 8 rings (SSSR count). The molecular weight excluding hydrogens is 731 g/mol. The van der Waals surface area contributed by atoms with Gasteiger partial charge in [0.15, 0.2) is 9.84 Å². The molecule has 4 saturated carbocycles. The first kappa shape index (κ1) is 41.3. The van der Waals surface area contributed by atoms with Crippen LogP contribution in [0.5, 0.6) is 5.75 Å². The summed E-state index contributed by atoms with van der Waals surface area (Å²) in [6.45, 7) is 23.3. The number of sulfone groups is 1. The normalized spacial score (nSPS) is 42.3. The molecule has 0 bridgehead atoms. The first-order chi connectivity index (χ1) is 26.9. The number of hydrogen-bond acceptors (Lipinski definition) is 7. The van der Waals surface area contributed by atoms with Crippen LogP contribution in [-0.4, -0.2) is 79.2 Å². The first-order valence-corrected chi connectivity index (χ1v) is 24.2. The molecule has 57 heavy (non-hydrogen) atoms. The van der Waals surface area contributed by atoms with Crippen LogP contribution in [0.15, 0.2) is 60.0 Å². The summed E-state index contributed by atoms with van der Waals surface area (Å²) in [4.78, 5) is 19.2. The Hall–Kier alpha value is -2.49. The Bertz CT molecular complexity index is 1900. The number of fused-ring (bicyclic) bond motifs is 7. The third kappa shape index (κ3) is 6.71. The number of nitrogens with one attached hydrogen (secondary N) is 1. The zero-order chi connectivity index (χ0) is 40.6. The van der Waals surface area contributed by atoms with E-state index in [1.165, 1.54) is 68.1 Å². The van der Waals surface area contributed by atoms with Crippen molar-refractivity contribution in [3.05, 3.63) is 60.0 Å². The summed E-state index contributed by atoms with van der Waals surface area (Å²) in [5.74, 6) is 3.48. The molecule has 1 aliphatic heterocycles. The molecule has 0 radical (unpaired) electrons. The lowest BCUT2D eigenvalue weighted by molar-refractivity contribution is -0.221. The lowest BCUT2D eigenvalue weighted by Gasteiger charge is -2.72. The molecule has 1 unspecified atom stereocenters. The first-order valence-electron chi connectivity index (χ1n) is 22.4.